The fourth-order valence-electron chi connectivity index (χ4n) is 1.54. The van der Waals surface area contributed by atoms with E-state index in [9.17, 15) is 4.79 Å². The van der Waals surface area contributed by atoms with Crippen LogP contribution in [0.3, 0.4) is 0 Å². The number of hydrogen-bond acceptors (Lipinski definition) is 4. The smallest absolute Gasteiger partial charge is 0.265 e. The number of benzene rings is 1. The van der Waals surface area contributed by atoms with Crippen molar-refractivity contribution in [2.45, 2.75) is 0 Å². The summed E-state index contributed by atoms with van der Waals surface area (Å²) in [6.45, 7) is 0.287. The molecule has 0 saturated heterocycles. The molecule has 1 heterocycles. The standard InChI is InChI=1S/C15H11N3OS/c16-9-3-5-12-7-8-14(20-12)15(19)18-13-6-2-1-4-11(13)10-17/h1-2,4,6-8H,9,16H2,(H,18,19). The van der Waals surface area contributed by atoms with Crippen molar-refractivity contribution >= 4 is 22.9 Å². The number of nitrogens with zero attached hydrogens (tertiary/aromatic N) is 1. The number of rotatable bonds is 2. The molecular formula is C15H11N3OS. The van der Waals surface area contributed by atoms with Crippen LogP contribution < -0.4 is 11.1 Å². The van der Waals surface area contributed by atoms with Crippen molar-refractivity contribution in [1.82, 2.24) is 0 Å². The van der Waals surface area contributed by atoms with E-state index in [1.54, 1.807) is 36.4 Å². The molecule has 0 aliphatic heterocycles. The van der Waals surface area contributed by atoms with Crippen molar-refractivity contribution in [3.8, 4) is 17.9 Å². The maximum Gasteiger partial charge on any atom is 0.265 e. The van der Waals surface area contributed by atoms with Crippen LogP contribution in [0.15, 0.2) is 36.4 Å². The van der Waals surface area contributed by atoms with Gasteiger partial charge in [0.15, 0.2) is 0 Å². The maximum absolute atomic E-state index is 12.1. The number of carbonyl (C=O) groups excluding carboxylic acids is 1. The van der Waals surface area contributed by atoms with Crippen molar-refractivity contribution in [3.05, 3.63) is 51.7 Å². The van der Waals surface area contributed by atoms with Crippen molar-refractivity contribution in [2.24, 2.45) is 5.73 Å². The van der Waals surface area contributed by atoms with Gasteiger partial charge in [-0.3, -0.25) is 4.79 Å². The van der Waals surface area contributed by atoms with Gasteiger partial charge in [-0.1, -0.05) is 24.0 Å². The molecule has 98 valence electrons. The number of carbonyl (C=O) groups is 1. The monoisotopic (exact) mass is 281 g/mol. The van der Waals surface area contributed by atoms with Crippen molar-refractivity contribution in [3.63, 3.8) is 0 Å². The highest BCUT2D eigenvalue weighted by Gasteiger charge is 2.10. The van der Waals surface area contributed by atoms with E-state index in [0.717, 1.165) is 4.88 Å². The highest BCUT2D eigenvalue weighted by molar-refractivity contribution is 7.14. The van der Waals surface area contributed by atoms with Gasteiger partial charge in [0.2, 0.25) is 0 Å². The third-order valence-electron chi connectivity index (χ3n) is 2.44. The first-order valence-electron chi connectivity index (χ1n) is 5.84. The largest absolute Gasteiger partial charge is 0.320 e. The molecule has 3 N–H and O–H groups in total. The third kappa shape index (κ3) is 3.24. The lowest BCUT2D eigenvalue weighted by Gasteiger charge is -2.04. The van der Waals surface area contributed by atoms with Gasteiger partial charge in [0, 0.05) is 0 Å². The van der Waals surface area contributed by atoms with Gasteiger partial charge in [-0.25, -0.2) is 0 Å². The molecular weight excluding hydrogens is 270 g/mol. The van der Waals surface area contributed by atoms with E-state index in [1.807, 2.05) is 6.07 Å². The quantitative estimate of drug-likeness (QED) is 0.828. The van der Waals surface area contributed by atoms with E-state index in [-0.39, 0.29) is 12.5 Å². The molecule has 1 aromatic heterocycles. The molecule has 0 aliphatic carbocycles. The molecule has 0 saturated carbocycles. The second-order valence-electron chi connectivity index (χ2n) is 3.78. The van der Waals surface area contributed by atoms with E-state index in [1.165, 1.54) is 11.3 Å². The average molecular weight is 281 g/mol. The van der Waals surface area contributed by atoms with E-state index < -0.39 is 0 Å². The maximum atomic E-state index is 12.1. The molecule has 5 heteroatoms. The van der Waals surface area contributed by atoms with Crippen LogP contribution in [0.2, 0.25) is 0 Å². The summed E-state index contributed by atoms with van der Waals surface area (Å²) in [7, 11) is 0. The van der Waals surface area contributed by atoms with Gasteiger partial charge in [-0.05, 0) is 24.3 Å². The molecule has 4 nitrogen and oxygen atoms in total. The van der Waals surface area contributed by atoms with Crippen LogP contribution in [0.4, 0.5) is 5.69 Å². The lowest BCUT2D eigenvalue weighted by molar-refractivity contribution is 0.103. The number of para-hydroxylation sites is 1. The molecule has 2 aromatic rings. The zero-order valence-electron chi connectivity index (χ0n) is 10.5. The van der Waals surface area contributed by atoms with Crippen LogP contribution in [0, 0.1) is 23.2 Å². The SMILES string of the molecule is N#Cc1ccccc1NC(=O)c1ccc(C#CCN)s1. The second kappa shape index (κ2) is 6.53. The minimum atomic E-state index is -0.251. The number of nitriles is 1. The lowest BCUT2D eigenvalue weighted by Crippen LogP contribution is -2.11. The van der Waals surface area contributed by atoms with Crippen LogP contribution in [-0.2, 0) is 0 Å². The molecule has 0 radical (unpaired) electrons. The molecule has 2 rings (SSSR count). The third-order valence-corrected chi connectivity index (χ3v) is 3.44. The summed E-state index contributed by atoms with van der Waals surface area (Å²) in [6, 6.07) is 12.4. The summed E-state index contributed by atoms with van der Waals surface area (Å²) in [5.41, 5.74) is 6.23. The Morgan fingerprint density at radius 3 is 2.85 bits per heavy atom. The fraction of sp³-hybridized carbons (Fsp3) is 0.0667. The normalized spacial score (nSPS) is 9.20. The summed E-state index contributed by atoms with van der Waals surface area (Å²) in [5.74, 6) is 5.36. The summed E-state index contributed by atoms with van der Waals surface area (Å²) in [5, 5.41) is 11.7. The van der Waals surface area contributed by atoms with Crippen LogP contribution in [0.5, 0.6) is 0 Å². The van der Waals surface area contributed by atoms with E-state index in [0.29, 0.717) is 16.1 Å². The highest BCUT2D eigenvalue weighted by atomic mass is 32.1. The molecule has 20 heavy (non-hydrogen) atoms. The van der Waals surface area contributed by atoms with Crippen molar-refractivity contribution in [1.29, 1.82) is 5.26 Å². The second-order valence-corrected chi connectivity index (χ2v) is 4.87. The van der Waals surface area contributed by atoms with Gasteiger partial charge in [0.05, 0.1) is 27.5 Å². The Hall–Kier alpha value is -2.60. The molecule has 0 spiro atoms. The Kier molecular flexibility index (Phi) is 4.52. The molecule has 0 unspecified atom stereocenters. The first-order valence-corrected chi connectivity index (χ1v) is 6.65. The summed E-state index contributed by atoms with van der Waals surface area (Å²) in [6.07, 6.45) is 0. The average Bonchev–Trinajstić information content (AvgIpc) is 2.94. The summed E-state index contributed by atoms with van der Waals surface area (Å²) in [4.78, 5) is 13.4. The van der Waals surface area contributed by atoms with Crippen molar-refractivity contribution < 1.29 is 4.79 Å². The fourth-order valence-corrected chi connectivity index (χ4v) is 2.31. The predicted octanol–water partition coefficient (Wildman–Crippen LogP) is 2.18. The molecule has 0 aliphatic rings. The van der Waals surface area contributed by atoms with Gasteiger partial charge in [0.25, 0.3) is 5.91 Å². The van der Waals surface area contributed by atoms with E-state index in [4.69, 9.17) is 11.0 Å². The van der Waals surface area contributed by atoms with E-state index >= 15 is 0 Å². The molecule has 0 atom stereocenters. The minimum absolute atomic E-state index is 0.251. The molecule has 1 aromatic carbocycles. The first kappa shape index (κ1) is 13.8. The van der Waals surface area contributed by atoms with Gasteiger partial charge in [0.1, 0.15) is 6.07 Å². The number of nitrogens with two attached hydrogens (primary N) is 1. The summed E-state index contributed by atoms with van der Waals surface area (Å²) >= 11 is 1.29. The number of thiophene rings is 1. The van der Waals surface area contributed by atoms with E-state index in [2.05, 4.69) is 17.2 Å². The Bertz CT molecular complexity index is 731. The lowest BCUT2D eigenvalue weighted by atomic mass is 10.2. The van der Waals surface area contributed by atoms with Gasteiger partial charge in [-0.2, -0.15) is 5.26 Å². The van der Waals surface area contributed by atoms with Crippen LogP contribution in [-0.4, -0.2) is 12.5 Å². The molecule has 1 amide bonds. The van der Waals surface area contributed by atoms with Crippen LogP contribution >= 0.6 is 11.3 Å². The number of anilines is 1. The summed E-state index contributed by atoms with van der Waals surface area (Å²) < 4.78 is 0. The Morgan fingerprint density at radius 1 is 1.30 bits per heavy atom. The minimum Gasteiger partial charge on any atom is -0.320 e. The Labute approximate surface area is 120 Å². The molecule has 0 bridgehead atoms. The number of amides is 1. The van der Waals surface area contributed by atoms with Gasteiger partial charge >= 0.3 is 0 Å². The zero-order chi connectivity index (χ0) is 14.4. The van der Waals surface area contributed by atoms with Gasteiger partial charge < -0.3 is 11.1 Å². The van der Waals surface area contributed by atoms with Crippen LogP contribution in [0.25, 0.3) is 0 Å². The van der Waals surface area contributed by atoms with Crippen LogP contribution in [0.1, 0.15) is 20.1 Å². The van der Waals surface area contributed by atoms with Crippen molar-refractivity contribution in [2.75, 3.05) is 11.9 Å². The first-order chi connectivity index (χ1) is 9.74. The Balaban J connectivity index is 2.16. The zero-order valence-corrected chi connectivity index (χ0v) is 11.3. The highest BCUT2D eigenvalue weighted by Crippen LogP contribution is 2.19. The Morgan fingerprint density at radius 2 is 2.10 bits per heavy atom. The number of hydrogen-bond donors (Lipinski definition) is 2. The molecule has 0 fully saturated rings. The number of nitrogens with one attached hydrogen (secondary N) is 1. The predicted molar refractivity (Wildman–Crippen MR) is 79.4 cm³/mol. The van der Waals surface area contributed by atoms with Gasteiger partial charge in [-0.15, -0.1) is 11.3 Å². The topological polar surface area (TPSA) is 78.9 Å².